The highest BCUT2D eigenvalue weighted by Gasteiger charge is 2.04. The molecule has 4 heteroatoms. The van der Waals surface area contributed by atoms with Gasteiger partial charge in [0.2, 0.25) is 0 Å². The number of hydrogen-bond donors (Lipinski definition) is 2. The van der Waals surface area contributed by atoms with E-state index in [4.69, 9.17) is 5.73 Å². The van der Waals surface area contributed by atoms with E-state index in [0.717, 1.165) is 17.8 Å². The summed E-state index contributed by atoms with van der Waals surface area (Å²) < 4.78 is 1.78. The van der Waals surface area contributed by atoms with Gasteiger partial charge in [0.05, 0.1) is 5.69 Å². The summed E-state index contributed by atoms with van der Waals surface area (Å²) in [5, 5.41) is 13.6. The zero-order chi connectivity index (χ0) is 10.7. The second-order valence-corrected chi connectivity index (χ2v) is 3.29. The molecule has 0 atom stereocenters. The molecule has 2 rings (SSSR count). The van der Waals surface area contributed by atoms with Crippen molar-refractivity contribution in [3.8, 4) is 11.4 Å². The van der Waals surface area contributed by atoms with Gasteiger partial charge in [0, 0.05) is 24.4 Å². The first-order valence-electron chi connectivity index (χ1n) is 4.83. The predicted molar refractivity (Wildman–Crippen MR) is 58.0 cm³/mol. The molecule has 0 saturated carbocycles. The lowest BCUT2D eigenvalue weighted by Crippen LogP contribution is -2.08. The maximum Gasteiger partial charge on any atom is 0.117 e. The molecule has 0 aliphatic carbocycles. The lowest BCUT2D eigenvalue weighted by Gasteiger charge is -2.06. The molecule has 1 heterocycles. The maximum absolute atomic E-state index is 9.37. The number of nitrogens with two attached hydrogens (primary N) is 1. The normalized spacial score (nSPS) is 10.5. The van der Waals surface area contributed by atoms with Gasteiger partial charge >= 0.3 is 0 Å². The second-order valence-electron chi connectivity index (χ2n) is 3.29. The molecule has 0 radical (unpaired) electrons. The number of rotatable bonds is 3. The van der Waals surface area contributed by atoms with Gasteiger partial charge in [-0.05, 0) is 24.7 Å². The summed E-state index contributed by atoms with van der Waals surface area (Å²) in [4.78, 5) is 0. The summed E-state index contributed by atoms with van der Waals surface area (Å²) in [5.74, 6) is 0.238. The number of aromatic hydroxyl groups is 1. The molecule has 0 fully saturated rings. The first-order valence-corrected chi connectivity index (χ1v) is 4.83. The van der Waals surface area contributed by atoms with Crippen molar-refractivity contribution in [1.29, 1.82) is 0 Å². The largest absolute Gasteiger partial charge is 0.508 e. The molecule has 0 saturated heterocycles. The average molecular weight is 203 g/mol. The Balaban J connectivity index is 2.40. The Kier molecular flexibility index (Phi) is 2.69. The molecular formula is C11H13N3O. The quantitative estimate of drug-likeness (QED) is 0.784. The molecule has 0 amide bonds. The van der Waals surface area contributed by atoms with Gasteiger partial charge in [-0.3, -0.25) is 0 Å². The molecule has 78 valence electrons. The Morgan fingerprint density at radius 1 is 1.33 bits per heavy atom. The fourth-order valence-electron chi connectivity index (χ4n) is 1.53. The molecule has 0 aliphatic rings. The molecule has 15 heavy (non-hydrogen) atoms. The minimum absolute atomic E-state index is 0.238. The van der Waals surface area contributed by atoms with Crippen molar-refractivity contribution in [3.63, 3.8) is 0 Å². The molecule has 2 aromatic rings. The third kappa shape index (κ3) is 1.99. The van der Waals surface area contributed by atoms with Crippen LogP contribution in [0.2, 0.25) is 0 Å². The van der Waals surface area contributed by atoms with Crippen LogP contribution in [-0.4, -0.2) is 21.4 Å². The summed E-state index contributed by atoms with van der Waals surface area (Å²) in [6.07, 6.45) is 2.50. The van der Waals surface area contributed by atoms with Crippen LogP contribution in [0.4, 0.5) is 0 Å². The molecular weight excluding hydrogens is 190 g/mol. The number of phenols is 1. The molecule has 1 aromatic heterocycles. The Morgan fingerprint density at radius 3 is 2.93 bits per heavy atom. The van der Waals surface area contributed by atoms with Gasteiger partial charge < -0.3 is 10.8 Å². The summed E-state index contributed by atoms with van der Waals surface area (Å²) >= 11 is 0. The van der Waals surface area contributed by atoms with Crippen LogP contribution in [0.1, 0.15) is 5.69 Å². The van der Waals surface area contributed by atoms with Crippen LogP contribution < -0.4 is 5.73 Å². The van der Waals surface area contributed by atoms with Crippen LogP contribution >= 0.6 is 0 Å². The van der Waals surface area contributed by atoms with E-state index in [1.807, 2.05) is 12.1 Å². The number of benzene rings is 1. The fourth-order valence-corrected chi connectivity index (χ4v) is 1.53. The summed E-state index contributed by atoms with van der Waals surface area (Å²) in [6.45, 7) is 0.588. The lowest BCUT2D eigenvalue weighted by molar-refractivity contribution is 0.474. The lowest BCUT2D eigenvalue weighted by atomic mass is 10.2. The van der Waals surface area contributed by atoms with Crippen LogP contribution in [0.5, 0.6) is 5.75 Å². The van der Waals surface area contributed by atoms with Crippen molar-refractivity contribution < 1.29 is 5.11 Å². The van der Waals surface area contributed by atoms with Gasteiger partial charge in [0.25, 0.3) is 0 Å². The molecule has 3 N–H and O–H groups in total. The van der Waals surface area contributed by atoms with Crippen molar-refractivity contribution in [3.05, 3.63) is 42.2 Å². The Hall–Kier alpha value is -1.81. The van der Waals surface area contributed by atoms with E-state index in [9.17, 15) is 5.11 Å². The monoisotopic (exact) mass is 203 g/mol. The molecule has 0 bridgehead atoms. The van der Waals surface area contributed by atoms with Crippen molar-refractivity contribution in [2.75, 3.05) is 6.54 Å². The molecule has 0 aliphatic heterocycles. The molecule has 4 nitrogen and oxygen atoms in total. The first-order chi connectivity index (χ1) is 7.31. The topological polar surface area (TPSA) is 64.1 Å². The van der Waals surface area contributed by atoms with Gasteiger partial charge in [-0.2, -0.15) is 5.10 Å². The third-order valence-corrected chi connectivity index (χ3v) is 2.20. The zero-order valence-corrected chi connectivity index (χ0v) is 8.30. The average Bonchev–Trinajstić information content (AvgIpc) is 2.66. The summed E-state index contributed by atoms with van der Waals surface area (Å²) in [5.41, 5.74) is 7.40. The van der Waals surface area contributed by atoms with Crippen molar-refractivity contribution in [2.45, 2.75) is 6.42 Å². The summed E-state index contributed by atoms with van der Waals surface area (Å²) in [6, 6.07) is 8.92. The van der Waals surface area contributed by atoms with Gasteiger partial charge in [0.15, 0.2) is 0 Å². The van der Waals surface area contributed by atoms with Crippen LogP contribution in [0.25, 0.3) is 5.69 Å². The molecule has 0 spiro atoms. The maximum atomic E-state index is 9.37. The predicted octanol–water partition coefficient (Wildman–Crippen LogP) is 1.08. The highest BCUT2D eigenvalue weighted by atomic mass is 16.3. The van der Waals surface area contributed by atoms with Crippen LogP contribution in [0.3, 0.4) is 0 Å². The van der Waals surface area contributed by atoms with Gasteiger partial charge in [0.1, 0.15) is 5.75 Å². The number of aromatic nitrogens is 2. The second kappa shape index (κ2) is 4.14. The van der Waals surface area contributed by atoms with Gasteiger partial charge in [-0.25, -0.2) is 4.68 Å². The van der Waals surface area contributed by atoms with Crippen LogP contribution in [0.15, 0.2) is 36.5 Å². The Labute approximate surface area is 88.0 Å². The number of hydrogen-bond acceptors (Lipinski definition) is 3. The van der Waals surface area contributed by atoms with E-state index in [2.05, 4.69) is 5.10 Å². The third-order valence-electron chi connectivity index (χ3n) is 2.20. The van der Waals surface area contributed by atoms with E-state index >= 15 is 0 Å². The zero-order valence-electron chi connectivity index (χ0n) is 8.30. The van der Waals surface area contributed by atoms with Crippen molar-refractivity contribution >= 4 is 0 Å². The van der Waals surface area contributed by atoms with E-state index in [-0.39, 0.29) is 5.75 Å². The SMILES string of the molecule is NCCc1ccnn1-c1cccc(O)c1. The highest BCUT2D eigenvalue weighted by Crippen LogP contribution is 2.16. The molecule has 0 unspecified atom stereocenters. The van der Waals surface area contributed by atoms with Gasteiger partial charge in [-0.1, -0.05) is 6.07 Å². The number of phenolic OH excluding ortho intramolecular Hbond substituents is 1. The minimum atomic E-state index is 0.238. The number of nitrogens with zero attached hydrogens (tertiary/aromatic N) is 2. The minimum Gasteiger partial charge on any atom is -0.508 e. The van der Waals surface area contributed by atoms with Crippen LogP contribution in [-0.2, 0) is 6.42 Å². The highest BCUT2D eigenvalue weighted by molar-refractivity contribution is 5.39. The van der Waals surface area contributed by atoms with E-state index in [1.165, 1.54) is 0 Å². The van der Waals surface area contributed by atoms with Crippen molar-refractivity contribution in [2.24, 2.45) is 5.73 Å². The molecule has 1 aromatic carbocycles. The van der Waals surface area contributed by atoms with E-state index in [1.54, 1.807) is 29.1 Å². The van der Waals surface area contributed by atoms with E-state index in [0.29, 0.717) is 6.54 Å². The standard InChI is InChI=1S/C11H13N3O/c12-6-4-9-5-7-13-14(9)10-2-1-3-11(15)8-10/h1-3,5,7-8,15H,4,6,12H2. The Bertz CT molecular complexity index is 451. The summed E-state index contributed by atoms with van der Waals surface area (Å²) in [7, 11) is 0. The van der Waals surface area contributed by atoms with Gasteiger partial charge in [-0.15, -0.1) is 0 Å². The first kappa shape index (κ1) is 9.73. The smallest absolute Gasteiger partial charge is 0.117 e. The van der Waals surface area contributed by atoms with Crippen molar-refractivity contribution in [1.82, 2.24) is 9.78 Å². The van der Waals surface area contributed by atoms with Crippen LogP contribution in [0, 0.1) is 0 Å². The Morgan fingerprint density at radius 2 is 2.20 bits per heavy atom. The van der Waals surface area contributed by atoms with E-state index < -0.39 is 0 Å². The fraction of sp³-hybridized carbons (Fsp3) is 0.182.